The zero-order chi connectivity index (χ0) is 16.4. The molecule has 136 valence electrons. The van der Waals surface area contributed by atoms with E-state index in [1.807, 2.05) is 6.08 Å². The van der Waals surface area contributed by atoms with Crippen LogP contribution in [-0.4, -0.2) is 11.6 Å². The molecule has 4 rings (SSSR count). The van der Waals surface area contributed by atoms with Crippen molar-refractivity contribution in [3.8, 4) is 0 Å². The van der Waals surface area contributed by atoms with E-state index in [-0.39, 0.29) is 44.9 Å². The standard InChI is InChI=1S/C21H29O2.Au/c1-13(22)17-6-7-18-16-5-4-14-12-15(23)8-10-20(14,2)19(16)9-11-21(17,18)3;/h10,12,16-19H,4-9,11H2,1-3H3;/q-1;+1/t16-,17+,18-,19-,20-,21+;/m0./s1. The van der Waals surface area contributed by atoms with Gasteiger partial charge in [0.25, 0.3) is 0 Å². The molecule has 0 spiro atoms. The maximum atomic E-state index is 12.1. The van der Waals surface area contributed by atoms with Gasteiger partial charge in [0.15, 0.2) is 0 Å². The van der Waals surface area contributed by atoms with E-state index in [1.165, 1.54) is 31.3 Å². The molecular formula is C21H29AuO2. The molecule has 4 aliphatic rings. The number of rotatable bonds is 1. The van der Waals surface area contributed by atoms with Gasteiger partial charge in [0.1, 0.15) is 11.6 Å². The van der Waals surface area contributed by atoms with Crippen molar-refractivity contribution in [1.29, 1.82) is 0 Å². The molecule has 0 aliphatic heterocycles. The largest absolute Gasteiger partial charge is 1.00 e. The Kier molecular flexibility index (Phi) is 4.82. The molecule has 24 heavy (non-hydrogen) atoms. The van der Waals surface area contributed by atoms with Crippen molar-refractivity contribution in [2.45, 2.75) is 65.7 Å². The van der Waals surface area contributed by atoms with E-state index in [0.29, 0.717) is 24.0 Å². The summed E-state index contributed by atoms with van der Waals surface area (Å²) in [5.74, 6) is 3.11. The van der Waals surface area contributed by atoms with Crippen LogP contribution in [-0.2, 0) is 32.0 Å². The van der Waals surface area contributed by atoms with Crippen molar-refractivity contribution in [2.24, 2.45) is 34.5 Å². The first-order chi connectivity index (χ1) is 10.9. The third-order valence-corrected chi connectivity index (χ3v) is 8.20. The van der Waals surface area contributed by atoms with Crippen LogP contribution in [0.5, 0.6) is 0 Å². The Morgan fingerprint density at radius 2 is 1.92 bits per heavy atom. The van der Waals surface area contributed by atoms with Crippen LogP contribution in [0.3, 0.4) is 0 Å². The summed E-state index contributed by atoms with van der Waals surface area (Å²) in [4.78, 5) is 24.0. The molecule has 6 atom stereocenters. The molecule has 0 saturated heterocycles. The number of fused-ring (bicyclic) bond motifs is 5. The summed E-state index contributed by atoms with van der Waals surface area (Å²) >= 11 is 0. The summed E-state index contributed by atoms with van der Waals surface area (Å²) < 4.78 is 0. The van der Waals surface area contributed by atoms with Crippen LogP contribution in [0.1, 0.15) is 65.7 Å². The fraction of sp³-hybridized carbons (Fsp3) is 0.762. The Bertz CT molecular complexity index is 595. The Morgan fingerprint density at radius 1 is 1.17 bits per heavy atom. The van der Waals surface area contributed by atoms with Gasteiger partial charge in [0.2, 0.25) is 0 Å². The summed E-state index contributed by atoms with van der Waals surface area (Å²) in [6, 6.07) is 0. The molecule has 0 heterocycles. The molecule has 0 bridgehead atoms. The van der Waals surface area contributed by atoms with Crippen molar-refractivity contribution in [3.63, 3.8) is 0 Å². The number of ketones is 2. The van der Waals surface area contributed by atoms with Gasteiger partial charge in [-0.05, 0) is 62.4 Å². The Balaban J connectivity index is 0.00000169. The zero-order valence-electron chi connectivity index (χ0n) is 15.0. The third kappa shape index (κ3) is 2.47. The predicted octanol–water partition coefficient (Wildman–Crippen LogP) is 4.54. The van der Waals surface area contributed by atoms with Crippen LogP contribution in [0.25, 0.3) is 0 Å². The molecule has 3 heteroatoms. The number of carbonyl (C=O) groups is 2. The summed E-state index contributed by atoms with van der Waals surface area (Å²) in [6.45, 7) is 6.57. The zero-order valence-corrected chi connectivity index (χ0v) is 17.2. The molecule has 0 aromatic rings. The van der Waals surface area contributed by atoms with Gasteiger partial charge in [-0.1, -0.05) is 31.8 Å². The summed E-state index contributed by atoms with van der Waals surface area (Å²) in [6.07, 6.45) is 11.9. The topological polar surface area (TPSA) is 34.1 Å². The van der Waals surface area contributed by atoms with E-state index in [0.717, 1.165) is 18.8 Å². The van der Waals surface area contributed by atoms with Crippen molar-refractivity contribution < 1.29 is 32.0 Å². The summed E-state index contributed by atoms with van der Waals surface area (Å²) in [7, 11) is 0. The molecule has 0 N–H and O–H groups in total. The first-order valence-electron chi connectivity index (χ1n) is 9.45. The van der Waals surface area contributed by atoms with Gasteiger partial charge < -0.3 is 6.42 Å². The van der Waals surface area contributed by atoms with Gasteiger partial charge >= 0.3 is 22.4 Å². The molecule has 0 radical (unpaired) electrons. The minimum absolute atomic E-state index is 0. The van der Waals surface area contributed by atoms with Gasteiger partial charge in [-0.3, -0.25) is 9.59 Å². The number of carbonyl (C=O) groups excluding carboxylic acids is 2. The second-order valence-corrected chi connectivity index (χ2v) is 9.03. The fourth-order valence-corrected chi connectivity index (χ4v) is 7.01. The Labute approximate surface area is 161 Å². The second-order valence-electron chi connectivity index (χ2n) is 9.03. The van der Waals surface area contributed by atoms with E-state index in [2.05, 4.69) is 20.3 Å². The van der Waals surface area contributed by atoms with E-state index in [9.17, 15) is 9.59 Å². The molecule has 0 aromatic heterocycles. The third-order valence-electron chi connectivity index (χ3n) is 8.20. The number of allylic oxidation sites excluding steroid dienone is 1. The Hall–Kier alpha value is -0.180. The van der Waals surface area contributed by atoms with Crippen LogP contribution >= 0.6 is 0 Å². The van der Waals surface area contributed by atoms with Crippen molar-refractivity contribution in [2.75, 3.05) is 0 Å². The molecule has 0 aromatic carbocycles. The molecule has 2 nitrogen and oxygen atoms in total. The van der Waals surface area contributed by atoms with Crippen LogP contribution in [0, 0.1) is 40.9 Å². The quantitative estimate of drug-likeness (QED) is 0.384. The SMILES string of the molecule is CC(=O)[C@H]1CC[C@H]2[C@@H]3CCC4=CC(=O)C[CH-][C@]4(C)[C@H]3CC[C@]12C.[Au+]. The number of hydrogen-bond acceptors (Lipinski definition) is 2. The molecule has 3 fully saturated rings. The van der Waals surface area contributed by atoms with Gasteiger partial charge in [-0.15, -0.1) is 11.8 Å². The van der Waals surface area contributed by atoms with Gasteiger partial charge in [0.05, 0.1) is 0 Å². The maximum absolute atomic E-state index is 12.1. The van der Waals surface area contributed by atoms with Crippen molar-refractivity contribution in [3.05, 3.63) is 18.1 Å². The summed E-state index contributed by atoms with van der Waals surface area (Å²) in [5.41, 5.74) is 1.75. The minimum Gasteiger partial charge on any atom is -0.311 e. The van der Waals surface area contributed by atoms with Crippen molar-refractivity contribution >= 4 is 11.6 Å². The predicted molar refractivity (Wildman–Crippen MR) is 90.6 cm³/mol. The minimum atomic E-state index is 0. The van der Waals surface area contributed by atoms with Crippen LogP contribution in [0.2, 0.25) is 0 Å². The van der Waals surface area contributed by atoms with Crippen LogP contribution in [0.4, 0.5) is 0 Å². The maximum Gasteiger partial charge on any atom is 1.00 e. The smallest absolute Gasteiger partial charge is 0.311 e. The monoisotopic (exact) mass is 510 g/mol. The average Bonchev–Trinajstić information content (AvgIpc) is 2.85. The van der Waals surface area contributed by atoms with E-state index in [4.69, 9.17) is 0 Å². The average molecular weight is 510 g/mol. The van der Waals surface area contributed by atoms with Crippen molar-refractivity contribution in [1.82, 2.24) is 0 Å². The van der Waals surface area contributed by atoms with Crippen LogP contribution in [0.15, 0.2) is 11.6 Å². The van der Waals surface area contributed by atoms with E-state index in [1.54, 1.807) is 6.92 Å². The van der Waals surface area contributed by atoms with E-state index >= 15 is 0 Å². The van der Waals surface area contributed by atoms with Gasteiger partial charge in [-0.25, -0.2) is 0 Å². The normalized spacial score (nSPS) is 47.0. The van der Waals surface area contributed by atoms with Gasteiger partial charge in [0, 0.05) is 5.92 Å². The molecular weight excluding hydrogens is 481 g/mol. The van der Waals surface area contributed by atoms with Crippen LogP contribution < -0.4 is 0 Å². The molecule has 0 unspecified atom stereocenters. The number of Topliss-reactive ketones (excluding diaryl/α,β-unsaturated/α-hetero) is 1. The fourth-order valence-electron chi connectivity index (χ4n) is 7.01. The Morgan fingerprint density at radius 3 is 2.62 bits per heavy atom. The molecule has 4 aliphatic carbocycles. The molecule has 3 saturated carbocycles. The van der Waals surface area contributed by atoms with E-state index < -0.39 is 0 Å². The second kappa shape index (κ2) is 6.21. The first-order valence-corrected chi connectivity index (χ1v) is 9.45. The number of hydrogen-bond donors (Lipinski definition) is 0. The summed E-state index contributed by atoms with van der Waals surface area (Å²) in [5, 5.41) is 0. The first kappa shape index (κ1) is 18.6. The van der Waals surface area contributed by atoms with Gasteiger partial charge in [-0.2, -0.15) is 0 Å². The molecule has 0 amide bonds.